The van der Waals surface area contributed by atoms with E-state index in [1.807, 2.05) is 6.07 Å². The second-order valence-corrected chi connectivity index (χ2v) is 6.04. The highest BCUT2D eigenvalue weighted by Gasteiger charge is 2.17. The second kappa shape index (κ2) is 5.96. The highest BCUT2D eigenvalue weighted by molar-refractivity contribution is 6.02. The maximum Gasteiger partial charge on any atom is 0.279 e. The summed E-state index contributed by atoms with van der Waals surface area (Å²) in [4.78, 5) is 12.2. The Balaban J connectivity index is 1.55. The van der Waals surface area contributed by atoms with Gasteiger partial charge in [-0.2, -0.15) is 0 Å². The molecule has 0 spiro atoms. The van der Waals surface area contributed by atoms with Crippen LogP contribution in [-0.2, 0) is 12.8 Å². The fourth-order valence-electron chi connectivity index (χ4n) is 3.01. The lowest BCUT2D eigenvalue weighted by Gasteiger charge is -2.15. The number of nitrogens with one attached hydrogen (secondary N) is 1. The van der Waals surface area contributed by atoms with Gasteiger partial charge in [0.2, 0.25) is 0 Å². The molecule has 2 heterocycles. The summed E-state index contributed by atoms with van der Waals surface area (Å²) in [7, 11) is 0. The van der Waals surface area contributed by atoms with Gasteiger partial charge in [-0.25, -0.2) is 0 Å². The van der Waals surface area contributed by atoms with Gasteiger partial charge in [-0.15, -0.1) is 0 Å². The van der Waals surface area contributed by atoms with Gasteiger partial charge in [-0.1, -0.05) is 22.4 Å². The number of hydrogen-bond acceptors (Lipinski definition) is 5. The third-order valence-corrected chi connectivity index (χ3v) is 4.25. The van der Waals surface area contributed by atoms with Crippen molar-refractivity contribution < 1.29 is 13.8 Å². The molecule has 0 saturated heterocycles. The van der Waals surface area contributed by atoms with Crippen molar-refractivity contribution in [2.45, 2.75) is 32.6 Å². The number of rotatable bonds is 3. The molecule has 0 radical (unpaired) electrons. The normalized spacial score (nSPS) is 13.5. The number of amides is 1. The van der Waals surface area contributed by atoms with Gasteiger partial charge in [0.1, 0.15) is 5.76 Å². The molecule has 0 unspecified atom stereocenters. The molecule has 24 heavy (non-hydrogen) atoms. The fraction of sp³-hybridized carbons (Fsp3) is 0.278. The van der Waals surface area contributed by atoms with Crippen LogP contribution in [0.15, 0.2) is 39.4 Å². The first-order chi connectivity index (χ1) is 11.7. The zero-order valence-electron chi connectivity index (χ0n) is 13.3. The number of aromatic nitrogens is 2. The predicted molar refractivity (Wildman–Crippen MR) is 87.8 cm³/mol. The van der Waals surface area contributed by atoms with Crippen molar-refractivity contribution in [3.63, 3.8) is 0 Å². The van der Waals surface area contributed by atoms with Crippen LogP contribution in [0.4, 0.5) is 5.82 Å². The Morgan fingerprint density at radius 2 is 1.88 bits per heavy atom. The smallest absolute Gasteiger partial charge is 0.279 e. The average Bonchev–Trinajstić information content (AvgIpc) is 3.24. The summed E-state index contributed by atoms with van der Waals surface area (Å²) in [5.74, 6) is 1.19. The first-order valence-corrected chi connectivity index (χ1v) is 8.02. The van der Waals surface area contributed by atoms with Crippen molar-refractivity contribution in [2.75, 3.05) is 5.32 Å². The van der Waals surface area contributed by atoms with E-state index < -0.39 is 0 Å². The Hall–Kier alpha value is -2.89. The van der Waals surface area contributed by atoms with Crippen LogP contribution in [-0.4, -0.2) is 16.2 Å². The number of nitrogens with zero attached hydrogens (tertiary/aromatic N) is 2. The maximum absolute atomic E-state index is 12.2. The van der Waals surface area contributed by atoms with Crippen molar-refractivity contribution >= 4 is 11.7 Å². The summed E-state index contributed by atoms with van der Waals surface area (Å²) >= 11 is 0. The first kappa shape index (κ1) is 14.7. The van der Waals surface area contributed by atoms with Gasteiger partial charge in [-0.3, -0.25) is 4.79 Å². The van der Waals surface area contributed by atoms with E-state index in [9.17, 15) is 4.79 Å². The fourth-order valence-corrected chi connectivity index (χ4v) is 3.01. The average molecular weight is 323 g/mol. The van der Waals surface area contributed by atoms with Crippen molar-refractivity contribution in [1.29, 1.82) is 0 Å². The van der Waals surface area contributed by atoms with Gasteiger partial charge in [0.15, 0.2) is 17.3 Å². The monoisotopic (exact) mass is 323 g/mol. The van der Waals surface area contributed by atoms with Gasteiger partial charge in [0, 0.05) is 17.7 Å². The summed E-state index contributed by atoms with van der Waals surface area (Å²) in [6.45, 7) is 1.76. The lowest BCUT2D eigenvalue weighted by Crippen LogP contribution is -2.12. The molecule has 6 nitrogen and oxygen atoms in total. The van der Waals surface area contributed by atoms with Gasteiger partial charge in [0.05, 0.1) is 0 Å². The van der Waals surface area contributed by atoms with Crippen molar-refractivity contribution in [1.82, 2.24) is 10.3 Å². The summed E-state index contributed by atoms with van der Waals surface area (Å²) in [6.07, 6.45) is 4.70. The lowest BCUT2D eigenvalue weighted by molar-refractivity contribution is 0.101. The van der Waals surface area contributed by atoms with Crippen LogP contribution >= 0.6 is 0 Å². The standard InChI is InChI=1S/C18H17N3O3/c1-11-8-17(21-23-11)19-18(22)15-10-16(24-20-15)14-7-6-12-4-2-3-5-13(12)9-14/h6-10H,2-5H2,1H3,(H,19,21,22). The maximum atomic E-state index is 12.2. The summed E-state index contributed by atoms with van der Waals surface area (Å²) in [5, 5.41) is 10.2. The van der Waals surface area contributed by atoms with E-state index in [4.69, 9.17) is 9.05 Å². The van der Waals surface area contributed by atoms with Gasteiger partial charge < -0.3 is 14.4 Å². The van der Waals surface area contributed by atoms with E-state index in [1.165, 1.54) is 24.0 Å². The largest absolute Gasteiger partial charge is 0.360 e. The number of aryl methyl sites for hydroxylation is 3. The van der Waals surface area contributed by atoms with E-state index in [0.717, 1.165) is 18.4 Å². The first-order valence-electron chi connectivity index (χ1n) is 8.02. The molecule has 0 bridgehead atoms. The zero-order chi connectivity index (χ0) is 16.5. The molecule has 0 saturated carbocycles. The Morgan fingerprint density at radius 3 is 2.67 bits per heavy atom. The van der Waals surface area contributed by atoms with E-state index in [2.05, 4.69) is 27.8 Å². The Morgan fingerprint density at radius 1 is 1.04 bits per heavy atom. The van der Waals surface area contributed by atoms with Gasteiger partial charge in [-0.05, 0) is 49.8 Å². The molecule has 1 N–H and O–H groups in total. The summed E-state index contributed by atoms with van der Waals surface area (Å²) < 4.78 is 10.3. The van der Waals surface area contributed by atoms with Crippen molar-refractivity contribution in [3.8, 4) is 11.3 Å². The van der Waals surface area contributed by atoms with E-state index >= 15 is 0 Å². The zero-order valence-corrected chi connectivity index (χ0v) is 13.3. The molecule has 122 valence electrons. The van der Waals surface area contributed by atoms with E-state index in [-0.39, 0.29) is 11.6 Å². The van der Waals surface area contributed by atoms with Crippen molar-refractivity contribution in [3.05, 3.63) is 52.9 Å². The molecule has 1 aliphatic rings. The molecular formula is C18H17N3O3. The Labute approximate surface area is 138 Å². The summed E-state index contributed by atoms with van der Waals surface area (Å²) in [6, 6.07) is 9.59. The molecule has 3 aromatic rings. The Bertz CT molecular complexity index is 895. The summed E-state index contributed by atoms with van der Waals surface area (Å²) in [5.41, 5.74) is 3.92. The van der Waals surface area contributed by atoms with Crippen LogP contribution in [0, 0.1) is 6.92 Å². The second-order valence-electron chi connectivity index (χ2n) is 6.04. The Kier molecular flexibility index (Phi) is 3.65. The minimum absolute atomic E-state index is 0.211. The number of benzene rings is 1. The highest BCUT2D eigenvalue weighted by atomic mass is 16.5. The number of carbonyl (C=O) groups is 1. The number of hydrogen-bond donors (Lipinski definition) is 1. The van der Waals surface area contributed by atoms with Crippen LogP contribution in [0.25, 0.3) is 11.3 Å². The topological polar surface area (TPSA) is 81.2 Å². The third-order valence-electron chi connectivity index (χ3n) is 4.25. The molecule has 6 heteroatoms. The van der Waals surface area contributed by atoms with Crippen LogP contribution < -0.4 is 5.32 Å². The van der Waals surface area contributed by atoms with Crippen LogP contribution in [0.1, 0.15) is 40.2 Å². The third kappa shape index (κ3) is 2.82. The molecule has 4 rings (SSSR count). The molecule has 0 fully saturated rings. The molecule has 0 aliphatic heterocycles. The van der Waals surface area contributed by atoms with E-state index in [0.29, 0.717) is 17.3 Å². The predicted octanol–water partition coefficient (Wildman–Crippen LogP) is 3.77. The lowest BCUT2D eigenvalue weighted by atomic mass is 9.90. The highest BCUT2D eigenvalue weighted by Crippen LogP contribution is 2.28. The van der Waals surface area contributed by atoms with Crippen molar-refractivity contribution in [2.24, 2.45) is 0 Å². The molecule has 0 atom stereocenters. The quantitative estimate of drug-likeness (QED) is 0.793. The number of anilines is 1. The van der Waals surface area contributed by atoms with Crippen LogP contribution in [0.5, 0.6) is 0 Å². The van der Waals surface area contributed by atoms with Gasteiger partial charge >= 0.3 is 0 Å². The minimum Gasteiger partial charge on any atom is -0.360 e. The number of fused-ring (bicyclic) bond motifs is 1. The van der Waals surface area contributed by atoms with E-state index in [1.54, 1.807) is 19.1 Å². The molecule has 1 amide bonds. The van der Waals surface area contributed by atoms with Gasteiger partial charge in [0.25, 0.3) is 5.91 Å². The number of carbonyl (C=O) groups excluding carboxylic acids is 1. The molecule has 1 aromatic carbocycles. The molecule has 1 aliphatic carbocycles. The minimum atomic E-state index is -0.378. The van der Waals surface area contributed by atoms with Crippen LogP contribution in [0.3, 0.4) is 0 Å². The molecular weight excluding hydrogens is 306 g/mol. The SMILES string of the molecule is Cc1cc(NC(=O)c2cc(-c3ccc4c(c3)CCCC4)on2)no1. The van der Waals surface area contributed by atoms with Crippen LogP contribution in [0.2, 0.25) is 0 Å². The molecule has 2 aromatic heterocycles.